The van der Waals surface area contributed by atoms with Gasteiger partial charge in [-0.3, -0.25) is 4.98 Å². The summed E-state index contributed by atoms with van der Waals surface area (Å²) in [7, 11) is 0. The molecule has 34 heavy (non-hydrogen) atoms. The third-order valence-electron chi connectivity index (χ3n) is 6.37. The summed E-state index contributed by atoms with van der Waals surface area (Å²) in [6.07, 6.45) is -0.755. The fourth-order valence-corrected chi connectivity index (χ4v) is 5.02. The molecule has 0 aliphatic carbocycles. The van der Waals surface area contributed by atoms with Crippen LogP contribution in [0.2, 0.25) is 5.02 Å². The molecule has 2 atom stereocenters. The van der Waals surface area contributed by atoms with Gasteiger partial charge in [-0.05, 0) is 42.0 Å². The summed E-state index contributed by atoms with van der Waals surface area (Å²) in [5.41, 5.74) is 5.34. The number of hydrogen-bond acceptors (Lipinski definition) is 5. The number of carbonyl (C=O) groups is 1. The summed E-state index contributed by atoms with van der Waals surface area (Å²) in [6, 6.07) is 16.0. The number of benzene rings is 2. The molecule has 2 fully saturated rings. The number of nitrogens with zero attached hydrogens (tertiary/aromatic N) is 1. The molecule has 7 heteroatoms. The number of aryl methyl sites for hydroxylation is 2. The van der Waals surface area contributed by atoms with Gasteiger partial charge in [0.15, 0.2) is 0 Å². The Bertz CT molecular complexity index is 1290. The highest BCUT2D eigenvalue weighted by molar-refractivity contribution is 6.31. The van der Waals surface area contributed by atoms with Crippen LogP contribution < -0.4 is 15.4 Å². The molecule has 2 aliphatic rings. The van der Waals surface area contributed by atoms with E-state index in [1.54, 1.807) is 0 Å². The van der Waals surface area contributed by atoms with Crippen LogP contribution in [-0.2, 0) is 22.5 Å². The first-order valence-corrected chi connectivity index (χ1v) is 11.7. The van der Waals surface area contributed by atoms with Crippen molar-refractivity contribution < 1.29 is 14.3 Å². The van der Waals surface area contributed by atoms with Gasteiger partial charge in [0.2, 0.25) is 5.72 Å². The third kappa shape index (κ3) is 3.91. The molecular weight excluding hydrogens is 450 g/mol. The van der Waals surface area contributed by atoms with E-state index in [4.69, 9.17) is 26.1 Å². The summed E-state index contributed by atoms with van der Waals surface area (Å²) in [4.78, 5) is 16.8. The maximum absolute atomic E-state index is 11.9. The quantitative estimate of drug-likeness (QED) is 0.459. The number of carbonyl (C=O) groups excluding carboxylic acids is 1. The van der Waals surface area contributed by atoms with Crippen LogP contribution in [0.1, 0.15) is 48.7 Å². The van der Waals surface area contributed by atoms with E-state index in [1.807, 2.05) is 49.4 Å². The highest BCUT2D eigenvalue weighted by Gasteiger charge is 2.67. The lowest BCUT2D eigenvalue weighted by atomic mass is 9.85. The number of ether oxygens (including phenoxy) is 2. The molecule has 2 saturated heterocycles. The molecule has 5 rings (SSSR count). The van der Waals surface area contributed by atoms with Crippen molar-refractivity contribution in [3.8, 4) is 17.0 Å². The lowest BCUT2D eigenvalue weighted by molar-refractivity contribution is 0.0970. The van der Waals surface area contributed by atoms with E-state index in [1.165, 1.54) is 0 Å². The van der Waals surface area contributed by atoms with Gasteiger partial charge in [0, 0.05) is 16.7 Å². The monoisotopic (exact) mass is 477 g/mol. The van der Waals surface area contributed by atoms with Crippen LogP contribution in [0.4, 0.5) is 4.79 Å². The molecule has 1 amide bonds. The van der Waals surface area contributed by atoms with E-state index >= 15 is 0 Å². The van der Waals surface area contributed by atoms with Crippen molar-refractivity contribution in [1.29, 1.82) is 0 Å². The normalized spacial score (nSPS) is 21.0. The van der Waals surface area contributed by atoms with Gasteiger partial charge in [0.25, 0.3) is 0 Å². The zero-order valence-corrected chi connectivity index (χ0v) is 20.7. The van der Waals surface area contributed by atoms with E-state index in [9.17, 15) is 4.79 Å². The average molecular weight is 478 g/mol. The van der Waals surface area contributed by atoms with E-state index < -0.39 is 11.8 Å². The van der Waals surface area contributed by atoms with Crippen LogP contribution in [0.25, 0.3) is 11.3 Å². The van der Waals surface area contributed by atoms with E-state index in [0.717, 1.165) is 39.2 Å². The molecule has 176 valence electrons. The van der Waals surface area contributed by atoms with E-state index in [0.29, 0.717) is 17.4 Å². The smallest absolute Gasteiger partial charge is 0.410 e. The number of amides is 1. The predicted molar refractivity (Wildman–Crippen MR) is 132 cm³/mol. The van der Waals surface area contributed by atoms with Gasteiger partial charge in [0.05, 0.1) is 17.0 Å². The fourth-order valence-electron chi connectivity index (χ4n) is 4.57. The molecule has 2 unspecified atom stereocenters. The molecule has 2 N–H and O–H groups in total. The zero-order valence-electron chi connectivity index (χ0n) is 20.0. The van der Waals surface area contributed by atoms with Crippen molar-refractivity contribution in [3.05, 3.63) is 81.5 Å². The molecule has 6 nitrogen and oxygen atoms in total. The average Bonchev–Trinajstić information content (AvgIpc) is 3.34. The van der Waals surface area contributed by atoms with Crippen molar-refractivity contribution >= 4 is 17.7 Å². The number of halogens is 1. The van der Waals surface area contributed by atoms with Crippen molar-refractivity contribution in [1.82, 2.24) is 15.6 Å². The summed E-state index contributed by atoms with van der Waals surface area (Å²) < 4.78 is 11.9. The topological polar surface area (TPSA) is 82.4 Å². The molecule has 0 bridgehead atoms. The number of pyridine rings is 1. The standard InChI is InChI=1S/C27H28ClN3O3/c1-15-11-19(26(3,4)5)20(28)12-18(15)21-13-22(33-14-17-9-7-6-8-10-17)23(16(2)29-21)27-24(31-27)30-25(32)34-27/h6-13,24,31H,14H2,1-5H3,(H,30,32). The van der Waals surface area contributed by atoms with Crippen LogP contribution in [0.5, 0.6) is 5.75 Å². The van der Waals surface area contributed by atoms with Gasteiger partial charge >= 0.3 is 6.09 Å². The van der Waals surface area contributed by atoms with Gasteiger partial charge in [-0.25, -0.2) is 10.1 Å². The van der Waals surface area contributed by atoms with E-state index in [-0.39, 0.29) is 11.6 Å². The highest BCUT2D eigenvalue weighted by Crippen LogP contribution is 2.48. The van der Waals surface area contributed by atoms with Crippen LogP contribution in [0.15, 0.2) is 48.5 Å². The Morgan fingerprint density at radius 3 is 2.53 bits per heavy atom. The summed E-state index contributed by atoms with van der Waals surface area (Å²) >= 11 is 6.70. The Kier molecular flexibility index (Phi) is 5.34. The molecule has 2 aromatic carbocycles. The Hall–Kier alpha value is -3.09. The third-order valence-corrected chi connectivity index (χ3v) is 6.68. The summed E-state index contributed by atoms with van der Waals surface area (Å²) in [5.74, 6) is 0.619. The first-order chi connectivity index (χ1) is 16.1. The van der Waals surface area contributed by atoms with Crippen LogP contribution >= 0.6 is 11.6 Å². The van der Waals surface area contributed by atoms with Gasteiger partial charge in [-0.15, -0.1) is 0 Å². The molecule has 0 radical (unpaired) electrons. The fraction of sp³-hybridized carbons (Fsp3) is 0.333. The van der Waals surface area contributed by atoms with Gasteiger partial charge in [0.1, 0.15) is 18.5 Å². The maximum Gasteiger partial charge on any atom is 0.410 e. The number of hydrogen-bond donors (Lipinski definition) is 2. The number of alkyl carbamates (subject to hydrolysis) is 1. The minimum atomic E-state index is -0.957. The van der Waals surface area contributed by atoms with Crippen molar-refractivity contribution in [2.45, 2.75) is 58.5 Å². The second-order valence-electron chi connectivity index (χ2n) is 9.98. The Morgan fingerprint density at radius 2 is 1.88 bits per heavy atom. The lowest BCUT2D eigenvalue weighted by Crippen LogP contribution is -2.25. The Labute approximate surface area is 204 Å². The molecule has 3 heterocycles. The van der Waals surface area contributed by atoms with Crippen molar-refractivity contribution in [2.24, 2.45) is 0 Å². The Balaban J connectivity index is 1.60. The number of rotatable bonds is 5. The van der Waals surface area contributed by atoms with Crippen LogP contribution in [0, 0.1) is 13.8 Å². The van der Waals surface area contributed by atoms with Gasteiger partial charge < -0.3 is 14.8 Å². The van der Waals surface area contributed by atoms with Crippen LogP contribution in [0.3, 0.4) is 0 Å². The van der Waals surface area contributed by atoms with Crippen LogP contribution in [-0.4, -0.2) is 17.2 Å². The van der Waals surface area contributed by atoms with Gasteiger partial charge in [-0.2, -0.15) is 0 Å². The highest BCUT2D eigenvalue weighted by atomic mass is 35.5. The number of nitrogens with one attached hydrogen (secondary N) is 2. The lowest BCUT2D eigenvalue weighted by Gasteiger charge is -2.23. The number of fused-ring (bicyclic) bond motifs is 1. The predicted octanol–water partition coefficient (Wildman–Crippen LogP) is 5.72. The van der Waals surface area contributed by atoms with Crippen molar-refractivity contribution in [2.75, 3.05) is 0 Å². The first kappa shape index (κ1) is 22.7. The van der Waals surface area contributed by atoms with Crippen molar-refractivity contribution in [3.63, 3.8) is 0 Å². The minimum absolute atomic E-state index is 0.0668. The molecule has 0 saturated carbocycles. The Morgan fingerprint density at radius 1 is 1.15 bits per heavy atom. The second kappa shape index (κ2) is 8.00. The minimum Gasteiger partial charge on any atom is -0.488 e. The molecule has 2 aliphatic heterocycles. The summed E-state index contributed by atoms with van der Waals surface area (Å²) in [5, 5.41) is 6.69. The van der Waals surface area contributed by atoms with Gasteiger partial charge in [-0.1, -0.05) is 68.8 Å². The first-order valence-electron chi connectivity index (χ1n) is 11.4. The summed E-state index contributed by atoms with van der Waals surface area (Å²) in [6.45, 7) is 10.8. The zero-order chi connectivity index (χ0) is 24.3. The van der Waals surface area contributed by atoms with E-state index in [2.05, 4.69) is 44.4 Å². The molecule has 1 aromatic heterocycles. The maximum atomic E-state index is 11.9. The molecular formula is C27H28ClN3O3. The number of aromatic nitrogens is 1. The molecule has 3 aromatic rings. The largest absolute Gasteiger partial charge is 0.488 e. The second-order valence-corrected chi connectivity index (χ2v) is 10.4. The molecule has 0 spiro atoms. The SMILES string of the molecule is Cc1cc(C(C)(C)C)c(Cl)cc1-c1cc(OCc2ccccc2)c(C23NC2NC(=O)O3)c(C)n1.